The van der Waals surface area contributed by atoms with Crippen LogP contribution in [0.3, 0.4) is 0 Å². The van der Waals surface area contributed by atoms with Crippen molar-refractivity contribution in [3.05, 3.63) is 244 Å². The van der Waals surface area contributed by atoms with E-state index in [9.17, 15) is 0 Å². The number of nitrogens with one attached hydrogen (secondary N) is 1. The number of hydrogen-bond acceptors (Lipinski definition) is 2. The summed E-state index contributed by atoms with van der Waals surface area (Å²) in [7, 11) is 0. The summed E-state index contributed by atoms with van der Waals surface area (Å²) in [6, 6.07) is 79.6. The largest absolute Gasteiger partial charge is 0.354 e. The van der Waals surface area contributed by atoms with Crippen LogP contribution in [0.25, 0.3) is 115 Å². The molecule has 0 bridgehead atoms. The van der Waals surface area contributed by atoms with E-state index in [0.29, 0.717) is 0 Å². The van der Waals surface area contributed by atoms with Crippen molar-refractivity contribution in [2.24, 2.45) is 0 Å². The van der Waals surface area contributed by atoms with Crippen molar-refractivity contribution in [2.75, 3.05) is 0 Å². The molecule has 0 aliphatic rings. The average molecular weight is 1040 g/mol. The second-order valence-electron chi connectivity index (χ2n) is 17.0. The van der Waals surface area contributed by atoms with Crippen LogP contribution >= 0.6 is 45.8 Å². The van der Waals surface area contributed by atoms with Gasteiger partial charge in [0.05, 0.1) is 33.5 Å². The van der Waals surface area contributed by atoms with Gasteiger partial charge in [-0.1, -0.05) is 181 Å². The smallest absolute Gasteiger partial charge is 0.0788 e. The maximum Gasteiger partial charge on any atom is 0.0788 e. The van der Waals surface area contributed by atoms with Gasteiger partial charge in [-0.2, -0.15) is 0 Å². The molecule has 4 aromatic heterocycles. The number of halogens is 3. The lowest BCUT2D eigenvalue weighted by Crippen LogP contribution is -1.94. The number of benzene rings is 10. The van der Waals surface area contributed by atoms with Gasteiger partial charge in [0.2, 0.25) is 0 Å². The van der Waals surface area contributed by atoms with E-state index in [2.05, 4.69) is 208 Å². The summed E-state index contributed by atoms with van der Waals surface area (Å²) >= 11 is 14.9. The number of rotatable bonds is 3. The summed E-state index contributed by atoms with van der Waals surface area (Å²) in [6.07, 6.45) is 0. The third-order valence-electron chi connectivity index (χ3n) is 12.8. The third kappa shape index (κ3) is 8.02. The molecule has 0 unspecified atom stereocenters. The molecule has 14 rings (SSSR count). The van der Waals surface area contributed by atoms with Gasteiger partial charge in [-0.15, -0.1) is 0 Å². The van der Waals surface area contributed by atoms with Gasteiger partial charge in [0.25, 0.3) is 0 Å². The first-order valence-corrected chi connectivity index (χ1v) is 24.5. The van der Waals surface area contributed by atoms with Crippen molar-refractivity contribution in [3.63, 3.8) is 0 Å². The Morgan fingerprint density at radius 2 is 0.797 bits per heavy atom. The normalized spacial score (nSPS) is 11.4. The maximum atomic E-state index is 6.45. The van der Waals surface area contributed by atoms with Crippen LogP contribution in [0.5, 0.6) is 0 Å². The minimum absolute atomic E-state index is 0.729. The average Bonchev–Trinajstić information content (AvgIpc) is 3.91. The Morgan fingerprint density at radius 1 is 0.348 bits per heavy atom. The topological polar surface area (TPSA) is 46.5 Å². The second-order valence-corrected chi connectivity index (χ2v) is 19.1. The predicted octanol–water partition coefficient (Wildman–Crippen LogP) is 18.4. The van der Waals surface area contributed by atoms with Gasteiger partial charge in [-0.3, -0.25) is 0 Å². The molecule has 0 amide bonds. The molecule has 0 radical (unpaired) electrons. The summed E-state index contributed by atoms with van der Waals surface area (Å²) in [5.74, 6) is 0. The molecule has 1 N–H and O–H groups in total. The number of para-hydroxylation sites is 1. The fourth-order valence-electron chi connectivity index (χ4n) is 9.67. The molecule has 328 valence electrons. The Hall–Kier alpha value is -7.55. The highest BCUT2D eigenvalue weighted by atomic mass is 127. The molecule has 4 nitrogen and oxygen atoms in total. The molecule has 14 aromatic rings. The third-order valence-corrected chi connectivity index (χ3v) is 14.0. The predicted molar refractivity (Wildman–Crippen MR) is 302 cm³/mol. The van der Waals surface area contributed by atoms with E-state index in [1.54, 1.807) is 0 Å². The van der Waals surface area contributed by atoms with Crippen molar-refractivity contribution < 1.29 is 0 Å². The van der Waals surface area contributed by atoms with E-state index in [-0.39, 0.29) is 0 Å². The Labute approximate surface area is 421 Å². The first kappa shape index (κ1) is 42.8. The Bertz CT molecular complexity index is 4210. The Morgan fingerprint density at radius 3 is 1.36 bits per heavy atom. The molecule has 0 saturated heterocycles. The summed E-state index contributed by atoms with van der Waals surface area (Å²) in [4.78, 5) is 13.8. The van der Waals surface area contributed by atoms with Gasteiger partial charge in [0, 0.05) is 84.6 Å². The number of nitrogens with zero attached hydrogens (tertiary/aromatic N) is 3. The van der Waals surface area contributed by atoms with Gasteiger partial charge in [-0.05, 0) is 106 Å². The molecule has 69 heavy (non-hydrogen) atoms. The highest BCUT2D eigenvalue weighted by Crippen LogP contribution is 2.40. The van der Waals surface area contributed by atoms with E-state index in [0.717, 1.165) is 92.9 Å². The summed E-state index contributed by atoms with van der Waals surface area (Å²) in [5.41, 5.74) is 11.8. The minimum atomic E-state index is 0.729. The molecule has 0 atom stereocenters. The van der Waals surface area contributed by atoms with Gasteiger partial charge in [-0.25, -0.2) is 9.97 Å². The molecule has 0 spiro atoms. The van der Waals surface area contributed by atoms with E-state index in [4.69, 9.17) is 33.2 Å². The minimum Gasteiger partial charge on any atom is -0.354 e. The molecule has 0 fully saturated rings. The van der Waals surface area contributed by atoms with Crippen molar-refractivity contribution >= 4 is 133 Å². The van der Waals surface area contributed by atoms with Crippen LogP contribution in [0.4, 0.5) is 0 Å². The highest BCUT2D eigenvalue weighted by Gasteiger charge is 2.18. The number of fused-ring (bicyclic) bond motifs is 12. The van der Waals surface area contributed by atoms with E-state index in [1.165, 1.54) is 35.9 Å². The number of aromatic amines is 1. The zero-order chi connectivity index (χ0) is 46.4. The van der Waals surface area contributed by atoms with Crippen LogP contribution in [0.1, 0.15) is 0 Å². The van der Waals surface area contributed by atoms with Crippen molar-refractivity contribution in [1.82, 2.24) is 19.5 Å². The zero-order valence-electron chi connectivity index (χ0n) is 36.9. The van der Waals surface area contributed by atoms with Crippen molar-refractivity contribution in [3.8, 4) is 28.2 Å². The van der Waals surface area contributed by atoms with Gasteiger partial charge in [0.1, 0.15) is 0 Å². The first-order valence-electron chi connectivity index (χ1n) is 22.7. The second kappa shape index (κ2) is 18.2. The zero-order valence-corrected chi connectivity index (χ0v) is 40.6. The molecular weight excluding hydrogens is 999 g/mol. The molecule has 7 heteroatoms. The van der Waals surface area contributed by atoms with E-state index < -0.39 is 0 Å². The first-order chi connectivity index (χ1) is 33.9. The quantitative estimate of drug-likeness (QED) is 0.142. The van der Waals surface area contributed by atoms with E-state index in [1.807, 2.05) is 54.6 Å². The van der Waals surface area contributed by atoms with Crippen molar-refractivity contribution in [2.45, 2.75) is 0 Å². The number of pyridine rings is 2. The van der Waals surface area contributed by atoms with E-state index >= 15 is 0 Å². The van der Waals surface area contributed by atoms with Crippen molar-refractivity contribution in [1.29, 1.82) is 0 Å². The lowest BCUT2D eigenvalue weighted by Gasteiger charge is -2.12. The molecule has 4 heterocycles. The number of H-pyrrole nitrogens is 1. The highest BCUT2D eigenvalue weighted by molar-refractivity contribution is 14.1. The molecular formula is C62H39Cl2IN4. The lowest BCUT2D eigenvalue weighted by atomic mass is 9.99. The molecule has 0 saturated carbocycles. The van der Waals surface area contributed by atoms with Gasteiger partial charge in [0.15, 0.2) is 0 Å². The SMILES string of the molecule is Clc1ccc2c(c1)[nH]c1cc3c(cc12)nc(-c1ccccc1)c1ccccc13.Clc1ccc2c3cc4nc(-c5ccccc5)c5ccccc5c4cc3n(-c3ccccc3)c2c1.Ic1ccccc1. The molecule has 0 aliphatic carbocycles. The number of hydrogen-bond donors (Lipinski definition) is 1. The fourth-order valence-corrected chi connectivity index (χ4v) is 10.4. The van der Waals surface area contributed by atoms with Gasteiger partial charge < -0.3 is 9.55 Å². The van der Waals surface area contributed by atoms with Gasteiger partial charge >= 0.3 is 0 Å². The summed E-state index contributed by atoms with van der Waals surface area (Å²) in [5, 5.41) is 13.2. The van der Waals surface area contributed by atoms with Crippen LogP contribution in [0.2, 0.25) is 10.0 Å². The standard InChI is InChI=1S/C31H19ClN2.C25H15ClN2.C6H5I/c32-21-15-16-24-27-18-28-26(19-30(27)34(29(24)17-21)22-11-5-2-6-12-22)23-13-7-8-14-25(23)31(33-28)20-9-3-1-4-10-20;26-16-10-11-18-21-14-24-20(13-23(21)27-22(18)12-16)17-8-4-5-9-19(17)25(28-24)15-6-2-1-3-7-15;7-6-4-2-1-3-5-6/h1-19H;1-14,27H;1-5H. The summed E-state index contributed by atoms with van der Waals surface area (Å²) < 4.78 is 3.59. The van der Waals surface area contributed by atoms with Crippen LogP contribution in [0, 0.1) is 3.57 Å². The summed E-state index contributed by atoms with van der Waals surface area (Å²) in [6.45, 7) is 0. The van der Waals surface area contributed by atoms with Crippen LogP contribution in [0.15, 0.2) is 231 Å². The Kier molecular flexibility index (Phi) is 11.3. The van der Waals surface area contributed by atoms with Crippen LogP contribution < -0.4 is 0 Å². The Balaban J connectivity index is 0.000000127. The monoisotopic (exact) mass is 1040 g/mol. The number of aromatic nitrogens is 4. The molecule has 0 aliphatic heterocycles. The maximum absolute atomic E-state index is 6.45. The molecule has 10 aromatic carbocycles. The fraction of sp³-hybridized carbons (Fsp3) is 0. The van der Waals surface area contributed by atoms with Crippen LogP contribution in [-0.2, 0) is 0 Å². The van der Waals surface area contributed by atoms with Crippen LogP contribution in [-0.4, -0.2) is 19.5 Å². The lowest BCUT2D eigenvalue weighted by molar-refractivity contribution is 1.18.